The lowest BCUT2D eigenvalue weighted by Gasteiger charge is -2.41. The van der Waals surface area contributed by atoms with Gasteiger partial charge in [0.2, 0.25) is 5.79 Å². The molecule has 12 nitrogen and oxygen atoms in total. The third kappa shape index (κ3) is 7.17. The zero-order chi connectivity index (χ0) is 29.1. The Morgan fingerprint density at radius 3 is 2.32 bits per heavy atom. The highest BCUT2D eigenvalue weighted by atomic mass is 16.7. The van der Waals surface area contributed by atoms with Gasteiger partial charge in [0.15, 0.2) is 30.2 Å². The van der Waals surface area contributed by atoms with E-state index in [-0.39, 0.29) is 18.5 Å². The molecule has 4 heterocycles. The second-order valence-corrected chi connectivity index (χ2v) is 10.9. The highest BCUT2D eigenvalue weighted by molar-refractivity contribution is 5.45. The third-order valence-electron chi connectivity index (χ3n) is 7.78. The number of phenolic OH excluding ortho intramolecular Hbond substituents is 1. The summed E-state index contributed by atoms with van der Waals surface area (Å²) in [7, 11) is 0. The molecule has 4 aliphatic rings. The Morgan fingerprint density at radius 1 is 0.829 bits per heavy atom. The lowest BCUT2D eigenvalue weighted by atomic mass is 9.98. The zero-order valence-corrected chi connectivity index (χ0v) is 22.5. The number of ether oxygens (including phenoxy) is 5. The summed E-state index contributed by atoms with van der Waals surface area (Å²) in [5, 5.41) is 71.2. The van der Waals surface area contributed by atoms with E-state index >= 15 is 0 Å². The van der Waals surface area contributed by atoms with Crippen LogP contribution in [0.15, 0.2) is 42.5 Å². The monoisotopic (exact) mass is 578 g/mol. The van der Waals surface area contributed by atoms with Crippen LogP contribution in [0, 0.1) is 0 Å². The van der Waals surface area contributed by atoms with Gasteiger partial charge in [-0.2, -0.15) is 0 Å². The average molecular weight is 579 g/mol. The molecule has 7 N–H and O–H groups in total. The lowest BCUT2D eigenvalue weighted by molar-refractivity contribution is -0.319. The van der Waals surface area contributed by atoms with Gasteiger partial charge in [-0.3, -0.25) is 0 Å². The molecule has 6 rings (SSSR count). The second kappa shape index (κ2) is 12.9. The minimum atomic E-state index is -2.47. The fraction of sp³-hybridized carbons (Fsp3) is 0.586. The molecule has 0 aliphatic carbocycles. The summed E-state index contributed by atoms with van der Waals surface area (Å²) in [5.74, 6) is -1.40. The molecule has 2 fully saturated rings. The van der Waals surface area contributed by atoms with Crippen molar-refractivity contribution in [3.05, 3.63) is 53.6 Å². The number of benzene rings is 2. The van der Waals surface area contributed by atoms with Gasteiger partial charge >= 0.3 is 0 Å². The quantitative estimate of drug-likeness (QED) is 0.243. The highest BCUT2D eigenvalue weighted by Gasteiger charge is 2.49. The van der Waals surface area contributed by atoms with E-state index in [1.54, 1.807) is 6.07 Å². The van der Waals surface area contributed by atoms with E-state index in [1.807, 2.05) is 36.4 Å². The van der Waals surface area contributed by atoms with Crippen molar-refractivity contribution in [3.8, 4) is 17.2 Å². The Labute approximate surface area is 237 Å². The van der Waals surface area contributed by atoms with Crippen LogP contribution in [0.2, 0.25) is 0 Å². The van der Waals surface area contributed by atoms with Crippen LogP contribution in [0.1, 0.15) is 36.8 Å². The van der Waals surface area contributed by atoms with E-state index < -0.39 is 55.5 Å². The standard InChI is InChI=1S/C29H38O12/c30-20-12-8-17-3-1-2-4-18(9-5-16-6-10-19(11-7-16)39-21(20)13-17)40-27-25(33)24(32)23(31)22(41-27)14-37-28-26(34)29(35,36)15-38-28/h6-8,10-13,18,22-28,30-36H,1-5,9,14-15H2/t18-,22+,23+,24-,25+,26+,27?,28?/m0/s1. The van der Waals surface area contributed by atoms with E-state index in [2.05, 4.69) is 0 Å². The Bertz CT molecular complexity index is 1140. The molecule has 41 heavy (non-hydrogen) atoms. The van der Waals surface area contributed by atoms with Gasteiger partial charge in [0.05, 0.1) is 12.7 Å². The second-order valence-electron chi connectivity index (χ2n) is 10.9. The van der Waals surface area contributed by atoms with Crippen LogP contribution in [-0.4, -0.2) is 104 Å². The maximum absolute atomic E-state index is 10.7. The fourth-order valence-electron chi connectivity index (χ4n) is 5.24. The van der Waals surface area contributed by atoms with Crippen molar-refractivity contribution in [3.63, 3.8) is 0 Å². The van der Waals surface area contributed by atoms with E-state index in [9.17, 15) is 35.7 Å². The Balaban J connectivity index is 1.25. The van der Waals surface area contributed by atoms with Crippen molar-refractivity contribution < 1.29 is 59.4 Å². The Morgan fingerprint density at radius 2 is 1.59 bits per heavy atom. The summed E-state index contributed by atoms with van der Waals surface area (Å²) in [6, 6.07) is 12.8. The van der Waals surface area contributed by atoms with Gasteiger partial charge in [0.25, 0.3) is 0 Å². The normalized spacial score (nSPS) is 34.0. The number of fused-ring (bicyclic) bond motifs is 8. The summed E-state index contributed by atoms with van der Waals surface area (Å²) in [6.45, 7) is -0.943. The smallest absolute Gasteiger partial charge is 0.219 e. The average Bonchev–Trinajstić information content (AvgIpc) is 3.21. The van der Waals surface area contributed by atoms with Gasteiger partial charge in [-0.05, 0) is 67.5 Å². The van der Waals surface area contributed by atoms with Crippen molar-refractivity contribution in [2.45, 2.75) is 93.5 Å². The van der Waals surface area contributed by atoms with Crippen LogP contribution in [0.25, 0.3) is 0 Å². The summed E-state index contributed by atoms with van der Waals surface area (Å²) < 4.78 is 28.3. The third-order valence-corrected chi connectivity index (χ3v) is 7.78. The minimum Gasteiger partial charge on any atom is -0.504 e. The van der Waals surface area contributed by atoms with Gasteiger partial charge in [-0.25, -0.2) is 0 Å². The van der Waals surface area contributed by atoms with E-state index in [4.69, 9.17) is 23.7 Å². The molecule has 8 atom stereocenters. The molecule has 0 radical (unpaired) electrons. The number of aliphatic hydroxyl groups excluding tert-OH is 4. The number of phenols is 1. The van der Waals surface area contributed by atoms with Crippen LogP contribution in [0.4, 0.5) is 0 Å². The first-order valence-electron chi connectivity index (χ1n) is 13.9. The first-order chi connectivity index (χ1) is 19.6. The predicted octanol–water partition coefficient (Wildman–Crippen LogP) is 0.451. The maximum Gasteiger partial charge on any atom is 0.219 e. The van der Waals surface area contributed by atoms with Crippen molar-refractivity contribution in [1.82, 2.24) is 0 Å². The predicted molar refractivity (Wildman–Crippen MR) is 141 cm³/mol. The summed E-state index contributed by atoms with van der Waals surface area (Å²) in [4.78, 5) is 0. The number of aromatic hydroxyl groups is 1. The number of hydrogen-bond acceptors (Lipinski definition) is 12. The number of aryl methyl sites for hydroxylation is 2. The highest BCUT2D eigenvalue weighted by Crippen LogP contribution is 2.33. The zero-order valence-electron chi connectivity index (χ0n) is 22.5. The molecule has 0 spiro atoms. The molecule has 0 amide bonds. The molecule has 0 saturated carbocycles. The van der Waals surface area contributed by atoms with Crippen molar-refractivity contribution in [2.75, 3.05) is 13.2 Å². The largest absolute Gasteiger partial charge is 0.504 e. The Kier molecular flexibility index (Phi) is 9.46. The van der Waals surface area contributed by atoms with E-state index in [1.165, 1.54) is 0 Å². The lowest BCUT2D eigenvalue weighted by Crippen LogP contribution is -2.60. The number of rotatable bonds is 5. The molecule has 2 aromatic carbocycles. The van der Waals surface area contributed by atoms with Crippen LogP contribution in [0.5, 0.6) is 17.2 Å². The molecule has 2 unspecified atom stereocenters. The summed E-state index contributed by atoms with van der Waals surface area (Å²) in [5.41, 5.74) is 2.05. The fourth-order valence-corrected chi connectivity index (χ4v) is 5.24. The molecule has 2 aromatic rings. The van der Waals surface area contributed by atoms with Gasteiger partial charge in [-0.1, -0.05) is 24.6 Å². The van der Waals surface area contributed by atoms with Gasteiger partial charge < -0.3 is 59.4 Å². The van der Waals surface area contributed by atoms with Crippen LogP contribution >= 0.6 is 0 Å². The molecule has 12 heteroatoms. The molecule has 0 aromatic heterocycles. The van der Waals surface area contributed by atoms with Crippen molar-refractivity contribution in [1.29, 1.82) is 0 Å². The maximum atomic E-state index is 10.7. The van der Waals surface area contributed by atoms with Crippen LogP contribution < -0.4 is 4.74 Å². The molecular formula is C29H38O12. The first kappa shape index (κ1) is 30.1. The topological polar surface area (TPSA) is 188 Å². The van der Waals surface area contributed by atoms with Crippen molar-refractivity contribution >= 4 is 0 Å². The molecule has 2 saturated heterocycles. The van der Waals surface area contributed by atoms with Crippen LogP contribution in [0.3, 0.4) is 0 Å². The van der Waals surface area contributed by atoms with E-state index in [0.717, 1.165) is 30.4 Å². The van der Waals surface area contributed by atoms with Gasteiger partial charge in [-0.15, -0.1) is 0 Å². The van der Waals surface area contributed by atoms with Crippen LogP contribution in [-0.2, 0) is 31.8 Å². The summed E-state index contributed by atoms with van der Waals surface area (Å²) >= 11 is 0. The van der Waals surface area contributed by atoms with E-state index in [0.29, 0.717) is 30.8 Å². The molecule has 226 valence electrons. The first-order valence-corrected chi connectivity index (χ1v) is 13.9. The minimum absolute atomic E-state index is 0.0690. The van der Waals surface area contributed by atoms with Gasteiger partial charge in [0.1, 0.15) is 36.8 Å². The van der Waals surface area contributed by atoms with Crippen molar-refractivity contribution in [2.24, 2.45) is 0 Å². The molecule has 4 aliphatic heterocycles. The Hall–Kier alpha value is -2.36. The molecular weight excluding hydrogens is 540 g/mol. The number of hydrogen-bond donors (Lipinski definition) is 7. The SMILES string of the molecule is Oc1ccc2cc1Oc1ccc(cc1)CC[C@@H](OC1O[C@H](COC3OCC(O)(O)[C@@H]3O)[C@@H](O)[C@H](O)[C@H]1O)CCCC2. The van der Waals surface area contributed by atoms with Gasteiger partial charge in [0, 0.05) is 0 Å². The number of aliphatic hydroxyl groups is 6. The molecule has 4 bridgehead atoms. The summed E-state index contributed by atoms with van der Waals surface area (Å²) in [6.07, 6.45) is -6.26.